The molecule has 1 fully saturated rings. The number of ether oxygens (including phenoxy) is 4. The van der Waals surface area contributed by atoms with Gasteiger partial charge in [-0.1, -0.05) is 42.5 Å². The van der Waals surface area contributed by atoms with E-state index in [9.17, 15) is 9.90 Å². The van der Waals surface area contributed by atoms with Crippen LogP contribution in [0.15, 0.2) is 85.1 Å². The number of fused-ring (bicyclic) bond motifs is 1. The maximum absolute atomic E-state index is 13.1. The molecule has 4 aromatic rings. The minimum Gasteiger partial charge on any atom is -0.496 e. The van der Waals surface area contributed by atoms with Crippen molar-refractivity contribution in [2.24, 2.45) is 0 Å². The summed E-state index contributed by atoms with van der Waals surface area (Å²) in [7, 11) is 1.66. The molecule has 1 aromatic heterocycles. The van der Waals surface area contributed by atoms with Crippen LogP contribution in [0.3, 0.4) is 0 Å². The summed E-state index contributed by atoms with van der Waals surface area (Å²) in [4.78, 5) is 19.4. The lowest BCUT2D eigenvalue weighted by Gasteiger charge is -2.37. The van der Waals surface area contributed by atoms with E-state index in [-0.39, 0.29) is 18.6 Å². The number of hydrogen-bond donors (Lipinski definition) is 1. The Morgan fingerprint density at radius 2 is 1.88 bits per heavy atom. The van der Waals surface area contributed by atoms with E-state index in [1.54, 1.807) is 25.4 Å². The van der Waals surface area contributed by atoms with Gasteiger partial charge in [-0.3, -0.25) is 9.88 Å². The molecule has 3 aromatic carbocycles. The molecular formula is C33H36N2O6. The Bertz CT molecular complexity index is 1430. The number of benzene rings is 3. The summed E-state index contributed by atoms with van der Waals surface area (Å²) in [6.07, 6.45) is 2.84. The van der Waals surface area contributed by atoms with Crippen molar-refractivity contribution in [3.63, 3.8) is 0 Å². The molecule has 2 heterocycles. The lowest BCUT2D eigenvalue weighted by molar-refractivity contribution is -0.0203. The normalized spacial score (nSPS) is 17.3. The maximum atomic E-state index is 13.1. The molecule has 41 heavy (non-hydrogen) atoms. The van der Waals surface area contributed by atoms with Crippen LogP contribution in [-0.2, 0) is 16.1 Å². The number of carbonyl (C=O) groups excluding carboxylic acids is 1. The van der Waals surface area contributed by atoms with Crippen LogP contribution in [0, 0.1) is 0 Å². The molecule has 0 bridgehead atoms. The Morgan fingerprint density at radius 3 is 2.71 bits per heavy atom. The van der Waals surface area contributed by atoms with E-state index in [0.29, 0.717) is 31.9 Å². The second-order valence-corrected chi connectivity index (χ2v) is 10.1. The zero-order valence-corrected chi connectivity index (χ0v) is 23.3. The number of aromatic nitrogens is 1. The summed E-state index contributed by atoms with van der Waals surface area (Å²) in [5, 5.41) is 10.7. The zero-order chi connectivity index (χ0) is 28.4. The van der Waals surface area contributed by atoms with Crippen molar-refractivity contribution >= 4 is 16.9 Å². The molecule has 0 saturated carbocycles. The van der Waals surface area contributed by atoms with E-state index in [1.807, 2.05) is 71.6 Å². The molecule has 1 N–H and O–H groups in total. The van der Waals surface area contributed by atoms with Crippen molar-refractivity contribution in [2.45, 2.75) is 31.5 Å². The van der Waals surface area contributed by atoms with Gasteiger partial charge in [0.2, 0.25) is 0 Å². The minimum absolute atomic E-state index is 0.0118. The van der Waals surface area contributed by atoms with E-state index in [1.165, 1.54) is 0 Å². The summed E-state index contributed by atoms with van der Waals surface area (Å²) < 4.78 is 23.1. The fourth-order valence-corrected chi connectivity index (χ4v) is 5.18. The molecule has 0 amide bonds. The third-order valence-corrected chi connectivity index (χ3v) is 7.40. The Hall–Kier alpha value is -3.98. The first kappa shape index (κ1) is 28.5. The van der Waals surface area contributed by atoms with Crippen LogP contribution < -0.4 is 9.47 Å². The molecule has 0 aliphatic carbocycles. The van der Waals surface area contributed by atoms with Gasteiger partial charge in [-0.15, -0.1) is 0 Å². The van der Waals surface area contributed by atoms with Crippen LogP contribution in [0.5, 0.6) is 11.5 Å². The number of likely N-dealkylation sites (tertiary alicyclic amines) is 1. The maximum Gasteiger partial charge on any atom is 0.338 e. The topological polar surface area (TPSA) is 90.4 Å². The van der Waals surface area contributed by atoms with Gasteiger partial charge >= 0.3 is 5.97 Å². The number of nitrogens with zero attached hydrogens (tertiary/aromatic N) is 2. The van der Waals surface area contributed by atoms with Crippen LogP contribution in [0.4, 0.5) is 0 Å². The fourth-order valence-electron chi connectivity index (χ4n) is 5.18. The third-order valence-electron chi connectivity index (χ3n) is 7.40. The highest BCUT2D eigenvalue weighted by Gasteiger charge is 2.33. The number of rotatable bonds is 12. The minimum atomic E-state index is -0.394. The SMILES string of the molecule is COc1ccccc1COCCCOc1ccc(C2CCN(CO)CC2OC(=O)c2ccc3cccnc3c2)cc1. The Balaban J connectivity index is 1.14. The van der Waals surface area contributed by atoms with Gasteiger partial charge in [0.1, 0.15) is 17.6 Å². The molecule has 2 atom stereocenters. The Morgan fingerprint density at radius 1 is 1.02 bits per heavy atom. The highest BCUT2D eigenvalue weighted by atomic mass is 16.5. The molecule has 214 valence electrons. The summed E-state index contributed by atoms with van der Waals surface area (Å²) in [6, 6.07) is 25.0. The second-order valence-electron chi connectivity index (χ2n) is 10.1. The summed E-state index contributed by atoms with van der Waals surface area (Å²) in [5.41, 5.74) is 3.31. The van der Waals surface area contributed by atoms with Gasteiger partial charge in [-0.05, 0) is 48.4 Å². The van der Waals surface area contributed by atoms with E-state index in [2.05, 4.69) is 4.98 Å². The fraction of sp³-hybridized carbons (Fsp3) is 0.333. The molecule has 5 rings (SSSR count). The van der Waals surface area contributed by atoms with Crippen molar-refractivity contribution in [1.29, 1.82) is 0 Å². The highest BCUT2D eigenvalue weighted by Crippen LogP contribution is 2.32. The number of aliphatic hydroxyl groups is 1. The number of piperidine rings is 1. The van der Waals surface area contributed by atoms with Gasteiger partial charge in [0.05, 0.1) is 44.7 Å². The van der Waals surface area contributed by atoms with Crippen LogP contribution in [0.1, 0.15) is 40.2 Å². The Labute approximate surface area is 240 Å². The van der Waals surface area contributed by atoms with Gasteiger partial charge in [0.25, 0.3) is 0 Å². The van der Waals surface area contributed by atoms with E-state index in [4.69, 9.17) is 18.9 Å². The van der Waals surface area contributed by atoms with Crippen LogP contribution in [0.2, 0.25) is 0 Å². The number of para-hydroxylation sites is 1. The number of hydrogen-bond acceptors (Lipinski definition) is 8. The predicted octanol–water partition coefficient (Wildman–Crippen LogP) is 5.19. The predicted molar refractivity (Wildman–Crippen MR) is 156 cm³/mol. The largest absolute Gasteiger partial charge is 0.496 e. The van der Waals surface area contributed by atoms with Crippen molar-refractivity contribution in [2.75, 3.05) is 40.1 Å². The summed E-state index contributed by atoms with van der Waals surface area (Å²) >= 11 is 0. The highest BCUT2D eigenvalue weighted by molar-refractivity contribution is 5.94. The van der Waals surface area contributed by atoms with Crippen LogP contribution >= 0.6 is 0 Å². The summed E-state index contributed by atoms with van der Waals surface area (Å²) in [6.45, 7) is 2.74. The molecule has 1 aliphatic heterocycles. The van der Waals surface area contributed by atoms with Crippen molar-refractivity contribution in [3.8, 4) is 11.5 Å². The number of esters is 1. The van der Waals surface area contributed by atoms with Crippen LogP contribution in [0.25, 0.3) is 10.9 Å². The number of carbonyl (C=O) groups is 1. The molecule has 0 spiro atoms. The molecule has 8 nitrogen and oxygen atoms in total. The lowest BCUT2D eigenvalue weighted by Crippen LogP contribution is -2.45. The van der Waals surface area contributed by atoms with Gasteiger partial charge in [-0.25, -0.2) is 4.79 Å². The van der Waals surface area contributed by atoms with E-state index in [0.717, 1.165) is 52.9 Å². The van der Waals surface area contributed by atoms with Crippen molar-refractivity contribution in [1.82, 2.24) is 9.88 Å². The van der Waals surface area contributed by atoms with E-state index >= 15 is 0 Å². The molecule has 0 radical (unpaired) electrons. The quantitative estimate of drug-likeness (QED) is 0.188. The number of pyridine rings is 1. The molecule has 2 unspecified atom stereocenters. The average Bonchev–Trinajstić information content (AvgIpc) is 3.03. The van der Waals surface area contributed by atoms with Gasteiger partial charge in [-0.2, -0.15) is 0 Å². The first-order valence-corrected chi connectivity index (χ1v) is 14.0. The molecule has 1 aliphatic rings. The smallest absolute Gasteiger partial charge is 0.338 e. The van der Waals surface area contributed by atoms with Crippen molar-refractivity contribution in [3.05, 3.63) is 102 Å². The third kappa shape index (κ3) is 7.41. The van der Waals surface area contributed by atoms with Gasteiger partial charge in [0.15, 0.2) is 0 Å². The average molecular weight is 557 g/mol. The van der Waals surface area contributed by atoms with Crippen molar-refractivity contribution < 1.29 is 28.8 Å². The lowest BCUT2D eigenvalue weighted by atomic mass is 9.87. The second kappa shape index (κ2) is 14.1. The molecular weight excluding hydrogens is 520 g/mol. The Kier molecular flexibility index (Phi) is 9.80. The van der Waals surface area contributed by atoms with Gasteiger partial charge in [0, 0.05) is 42.6 Å². The zero-order valence-electron chi connectivity index (χ0n) is 23.3. The monoisotopic (exact) mass is 556 g/mol. The molecule has 1 saturated heterocycles. The van der Waals surface area contributed by atoms with E-state index < -0.39 is 6.10 Å². The number of methoxy groups -OCH3 is 1. The first-order valence-electron chi connectivity index (χ1n) is 14.0. The summed E-state index contributed by atoms with van der Waals surface area (Å²) in [5.74, 6) is 1.23. The number of aliphatic hydroxyl groups excluding tert-OH is 1. The first-order chi connectivity index (χ1) is 20.1. The standard InChI is InChI=1S/C33H36N2O6/c1-38-31-8-3-2-6-27(31)22-39-18-5-19-40-28-13-11-24(12-14-28)29-15-17-35(23-36)21-32(29)41-33(37)26-10-9-25-7-4-16-34-30(25)20-26/h2-4,6-14,16,20,29,32,36H,5,15,17-19,21-23H2,1H3. The molecule has 8 heteroatoms. The van der Waals surface area contributed by atoms with Crippen LogP contribution in [-0.4, -0.2) is 67.2 Å². The van der Waals surface area contributed by atoms with Gasteiger partial charge < -0.3 is 24.1 Å².